The average molecular weight is 427 g/mol. The topological polar surface area (TPSA) is 80.3 Å². The van der Waals surface area contributed by atoms with Gasteiger partial charge in [0.25, 0.3) is 0 Å². The van der Waals surface area contributed by atoms with Gasteiger partial charge in [0.2, 0.25) is 0 Å². The van der Waals surface area contributed by atoms with Crippen LogP contribution in [0.15, 0.2) is 0 Å². The van der Waals surface area contributed by atoms with Gasteiger partial charge < -0.3 is 19.8 Å². The average Bonchev–Trinajstić information content (AvgIpc) is 2.36. The number of carboxylic acid groups (broad SMARTS) is 2. The quantitative estimate of drug-likeness (QED) is 0.419. The van der Waals surface area contributed by atoms with Crippen molar-refractivity contribution in [1.82, 2.24) is 0 Å². The van der Waals surface area contributed by atoms with Gasteiger partial charge in [-0.3, -0.25) is 0 Å². The van der Waals surface area contributed by atoms with Crippen LogP contribution in [0.4, 0.5) is 0 Å². The van der Waals surface area contributed by atoms with Crippen molar-refractivity contribution < 1.29 is 40.2 Å². The number of carbonyl (C=O) groups is 2. The first-order valence-electron chi connectivity index (χ1n) is 7.89. The van der Waals surface area contributed by atoms with Crippen molar-refractivity contribution in [2.75, 3.05) is 18.5 Å². The molecule has 0 amide bonds. The third-order valence-electron chi connectivity index (χ3n) is 2.48. The Hall–Kier alpha value is 0.0323. The van der Waals surface area contributed by atoms with E-state index in [9.17, 15) is 0 Å². The summed E-state index contributed by atoms with van der Waals surface area (Å²) in [6.45, 7) is 8.88. The van der Waals surface area contributed by atoms with Gasteiger partial charge in [0, 0.05) is 11.9 Å². The van der Waals surface area contributed by atoms with E-state index in [1.165, 1.54) is 38.5 Å². The zero-order valence-electron chi connectivity index (χ0n) is 14.8. The summed E-state index contributed by atoms with van der Waals surface area (Å²) in [6, 6.07) is 0. The van der Waals surface area contributed by atoms with Crippen LogP contribution in [0.5, 0.6) is 0 Å². The molecule has 0 saturated heterocycles. The molecule has 0 N–H and O–H groups in total. The van der Waals surface area contributed by atoms with Gasteiger partial charge in [-0.05, 0) is 51.6 Å². The van der Waals surface area contributed by atoms with E-state index in [4.69, 9.17) is 19.8 Å². The summed E-state index contributed by atoms with van der Waals surface area (Å²) in [6.07, 6.45) is 13.2. The number of hydrogen-bond donors (Lipinski definition) is 0. The van der Waals surface area contributed by atoms with Gasteiger partial charge in [-0.1, -0.05) is 40.0 Å². The molecule has 22 heavy (non-hydrogen) atoms. The van der Waals surface area contributed by atoms with Crippen molar-refractivity contribution >= 4 is 19.9 Å². The van der Waals surface area contributed by atoms with E-state index in [1.54, 1.807) is 18.5 Å². The number of carbonyl (C=O) groups excluding carboxylic acids is 2. The van der Waals surface area contributed by atoms with Crippen LogP contribution in [-0.4, -0.2) is 30.4 Å². The monoisotopic (exact) mass is 426 g/mol. The largest absolute Gasteiger partial charge is 2.00 e. The summed E-state index contributed by atoms with van der Waals surface area (Å²) in [4.78, 5) is 17.8. The molecule has 0 unspecified atom stereocenters. The zero-order valence-corrected chi connectivity index (χ0v) is 17.2. The SMILES string of the molecule is CC(=O)[O-].CC(=O)[O-].CCCCP(CCCC)CCCC.[Pd+2]. The molecule has 0 radical (unpaired) electrons. The van der Waals surface area contributed by atoms with Gasteiger partial charge in [-0.15, -0.1) is 7.92 Å². The molecule has 136 valence electrons. The van der Waals surface area contributed by atoms with Gasteiger partial charge in [-0.2, -0.15) is 0 Å². The molecule has 0 spiro atoms. The first-order chi connectivity index (χ1) is 9.81. The summed E-state index contributed by atoms with van der Waals surface area (Å²) in [5.74, 6) is -2.17. The second-order valence-corrected chi connectivity index (χ2v) is 7.57. The van der Waals surface area contributed by atoms with Crippen LogP contribution in [0.2, 0.25) is 0 Å². The van der Waals surface area contributed by atoms with Crippen molar-refractivity contribution in [2.45, 2.75) is 73.1 Å². The molecule has 0 bridgehead atoms. The Labute approximate surface area is 151 Å². The molecule has 0 saturated carbocycles. The Balaban J connectivity index is -0.000000150. The van der Waals surface area contributed by atoms with E-state index >= 15 is 0 Å². The van der Waals surface area contributed by atoms with Crippen molar-refractivity contribution in [2.24, 2.45) is 0 Å². The summed E-state index contributed by atoms with van der Waals surface area (Å²) in [5.41, 5.74) is 0. The van der Waals surface area contributed by atoms with Crippen LogP contribution in [0, 0.1) is 0 Å². The van der Waals surface area contributed by atoms with Crippen LogP contribution < -0.4 is 10.2 Å². The molecule has 0 aliphatic heterocycles. The van der Waals surface area contributed by atoms with Crippen molar-refractivity contribution in [3.63, 3.8) is 0 Å². The summed E-state index contributed by atoms with van der Waals surface area (Å²) in [7, 11) is 0.422. The Morgan fingerprint density at radius 2 is 0.909 bits per heavy atom. The second-order valence-electron chi connectivity index (χ2n) is 4.89. The fourth-order valence-corrected chi connectivity index (χ4v) is 4.44. The third-order valence-corrected chi connectivity index (χ3v) is 5.33. The molecule has 0 heterocycles. The van der Waals surface area contributed by atoms with Crippen LogP contribution in [0.1, 0.15) is 73.1 Å². The van der Waals surface area contributed by atoms with E-state index in [-0.39, 0.29) is 20.4 Å². The van der Waals surface area contributed by atoms with Gasteiger partial charge in [-0.25, -0.2) is 0 Å². The standard InChI is InChI=1S/C12H27P.2C2H4O2.Pd/c1-4-7-10-13(11-8-5-2)12-9-6-3;2*1-2(3)4;/h4-12H2,1-3H3;2*1H3,(H,3,4);/q;;;+2/p-2. The van der Waals surface area contributed by atoms with Gasteiger partial charge in [0.05, 0.1) is 0 Å². The van der Waals surface area contributed by atoms with Crippen LogP contribution in [0.25, 0.3) is 0 Å². The molecule has 0 aliphatic rings. The minimum Gasteiger partial charge on any atom is -0.550 e. The molecule has 0 aromatic heterocycles. The first-order valence-corrected chi connectivity index (χ1v) is 9.78. The normalized spacial score (nSPS) is 8.82. The van der Waals surface area contributed by atoms with Crippen LogP contribution >= 0.6 is 7.92 Å². The molecule has 0 aromatic rings. The molecule has 0 aliphatic carbocycles. The molecule has 0 fully saturated rings. The molecule has 0 atom stereocenters. The maximum absolute atomic E-state index is 8.89. The fraction of sp³-hybridized carbons (Fsp3) is 0.875. The van der Waals surface area contributed by atoms with E-state index in [0.717, 1.165) is 13.8 Å². The summed E-state index contributed by atoms with van der Waals surface area (Å²) >= 11 is 0. The number of rotatable bonds is 9. The van der Waals surface area contributed by atoms with Gasteiger partial charge >= 0.3 is 20.4 Å². The van der Waals surface area contributed by atoms with E-state index in [0.29, 0.717) is 7.92 Å². The van der Waals surface area contributed by atoms with Gasteiger partial charge in [0.1, 0.15) is 0 Å². The number of unbranched alkanes of at least 4 members (excludes halogenated alkanes) is 3. The number of aliphatic carboxylic acids is 2. The Morgan fingerprint density at radius 1 is 0.727 bits per heavy atom. The van der Waals surface area contributed by atoms with Gasteiger partial charge in [0.15, 0.2) is 0 Å². The first kappa shape index (κ1) is 30.0. The number of hydrogen-bond acceptors (Lipinski definition) is 4. The van der Waals surface area contributed by atoms with E-state index in [1.807, 2.05) is 0 Å². The van der Waals surface area contributed by atoms with Crippen molar-refractivity contribution in [3.8, 4) is 0 Å². The predicted molar refractivity (Wildman–Crippen MR) is 87.6 cm³/mol. The molecule has 0 rings (SSSR count). The van der Waals surface area contributed by atoms with E-state index < -0.39 is 11.9 Å². The third kappa shape index (κ3) is 50.1. The maximum atomic E-state index is 8.89. The minimum absolute atomic E-state index is 0. The van der Waals surface area contributed by atoms with Crippen LogP contribution in [0.3, 0.4) is 0 Å². The summed E-state index contributed by atoms with van der Waals surface area (Å²) < 4.78 is 0. The molecule has 4 nitrogen and oxygen atoms in total. The zero-order chi connectivity index (χ0) is 17.1. The van der Waals surface area contributed by atoms with Crippen molar-refractivity contribution in [1.29, 1.82) is 0 Å². The molecular formula is C16H33O4PPd. The molecule has 6 heteroatoms. The Morgan fingerprint density at radius 3 is 1.05 bits per heavy atom. The van der Waals surface area contributed by atoms with Crippen LogP contribution in [-0.2, 0) is 30.0 Å². The predicted octanol–water partition coefficient (Wildman–Crippen LogP) is 2.38. The minimum atomic E-state index is -1.08. The Kier molecular flexibility index (Phi) is 35.4. The van der Waals surface area contributed by atoms with Crippen molar-refractivity contribution in [3.05, 3.63) is 0 Å². The summed E-state index contributed by atoms with van der Waals surface area (Å²) in [5, 5.41) is 17.8. The molecule has 0 aromatic carbocycles. The second kappa shape index (κ2) is 26.0. The number of carboxylic acids is 2. The van der Waals surface area contributed by atoms with E-state index in [2.05, 4.69) is 20.8 Å². The molecular weight excluding hydrogens is 394 g/mol. The maximum Gasteiger partial charge on any atom is 2.00 e. The fourth-order valence-electron chi connectivity index (χ4n) is 1.48. The smallest absolute Gasteiger partial charge is 0.550 e. The Bertz CT molecular complexity index is 199.